The Bertz CT molecular complexity index is 1670. The monoisotopic (exact) mass is 488 g/mol. The minimum Gasteiger partial charge on any atom is -0.496 e. The van der Waals surface area contributed by atoms with Gasteiger partial charge >= 0.3 is 5.97 Å². The molecule has 178 valence electrons. The second kappa shape index (κ2) is 9.03. The van der Waals surface area contributed by atoms with Crippen molar-refractivity contribution in [2.45, 2.75) is 26.8 Å². The molecule has 7 nitrogen and oxygen atoms in total. The number of allylic oxidation sites excluding steroid dienone is 1. The molecule has 4 aromatic rings. The number of hydrogen-bond donors (Lipinski definition) is 0. The van der Waals surface area contributed by atoms with E-state index in [9.17, 15) is 9.59 Å². The number of benzene rings is 2. The van der Waals surface area contributed by atoms with Crippen molar-refractivity contribution in [2.75, 3.05) is 13.7 Å². The predicted molar refractivity (Wildman–Crippen MR) is 134 cm³/mol. The van der Waals surface area contributed by atoms with Gasteiger partial charge in [-0.1, -0.05) is 41.7 Å². The van der Waals surface area contributed by atoms with Gasteiger partial charge in [0, 0.05) is 11.6 Å². The van der Waals surface area contributed by atoms with Crippen molar-refractivity contribution in [1.29, 1.82) is 0 Å². The summed E-state index contributed by atoms with van der Waals surface area (Å²) in [4.78, 5) is 32.2. The Hall–Kier alpha value is -3.91. The summed E-state index contributed by atoms with van der Waals surface area (Å²) in [5.74, 6) is 1.39. The maximum Gasteiger partial charge on any atom is 0.338 e. The lowest BCUT2D eigenvalue weighted by Crippen LogP contribution is -2.40. The Balaban J connectivity index is 1.86. The van der Waals surface area contributed by atoms with E-state index < -0.39 is 12.0 Å². The third-order valence-corrected chi connectivity index (χ3v) is 6.96. The highest BCUT2D eigenvalue weighted by atomic mass is 32.1. The van der Waals surface area contributed by atoms with Crippen LogP contribution in [0.5, 0.6) is 5.75 Å². The van der Waals surface area contributed by atoms with Crippen molar-refractivity contribution < 1.29 is 18.7 Å². The van der Waals surface area contributed by atoms with Crippen LogP contribution in [0.15, 0.2) is 74.0 Å². The highest BCUT2D eigenvalue weighted by Crippen LogP contribution is 2.40. The fourth-order valence-electron chi connectivity index (χ4n) is 4.46. The SMILES string of the molecule is CCOC(=O)C1=C(C)N=c2s/c(=C\c3ccc(C)o3)c(=O)n2[C@H]1c1c(OC)ccc2ccccc12. The average Bonchev–Trinajstić information content (AvgIpc) is 3.39. The molecule has 35 heavy (non-hydrogen) atoms. The molecule has 0 saturated carbocycles. The first-order valence-electron chi connectivity index (χ1n) is 11.2. The second-order valence-corrected chi connectivity index (χ2v) is 9.16. The predicted octanol–water partition coefficient (Wildman–Crippen LogP) is 3.86. The summed E-state index contributed by atoms with van der Waals surface area (Å²) in [7, 11) is 1.58. The number of thiazole rings is 1. The Labute approximate surface area is 205 Å². The van der Waals surface area contributed by atoms with Crippen molar-refractivity contribution in [3.63, 3.8) is 0 Å². The molecule has 0 radical (unpaired) electrons. The third-order valence-electron chi connectivity index (χ3n) is 5.98. The van der Waals surface area contributed by atoms with Crippen molar-refractivity contribution in [3.05, 3.63) is 96.6 Å². The molecule has 8 heteroatoms. The molecule has 1 aliphatic heterocycles. The summed E-state index contributed by atoms with van der Waals surface area (Å²) >= 11 is 1.26. The number of ether oxygens (including phenoxy) is 2. The molecule has 0 N–H and O–H groups in total. The number of furan rings is 1. The number of rotatable bonds is 5. The van der Waals surface area contributed by atoms with Gasteiger partial charge in [0.25, 0.3) is 5.56 Å². The zero-order valence-corrected chi connectivity index (χ0v) is 20.6. The van der Waals surface area contributed by atoms with Crippen LogP contribution in [0, 0.1) is 6.92 Å². The molecular weight excluding hydrogens is 464 g/mol. The molecule has 1 aliphatic rings. The Kier molecular flexibility index (Phi) is 5.90. The fourth-order valence-corrected chi connectivity index (χ4v) is 5.49. The molecule has 5 rings (SSSR count). The van der Waals surface area contributed by atoms with Crippen molar-refractivity contribution in [2.24, 2.45) is 4.99 Å². The lowest BCUT2D eigenvalue weighted by molar-refractivity contribution is -0.139. The highest BCUT2D eigenvalue weighted by molar-refractivity contribution is 7.07. The number of esters is 1. The number of aromatic nitrogens is 1. The van der Waals surface area contributed by atoms with Crippen LogP contribution in [0.4, 0.5) is 0 Å². The van der Waals surface area contributed by atoms with Gasteiger partial charge in [-0.15, -0.1) is 0 Å². The van der Waals surface area contributed by atoms with Gasteiger partial charge in [-0.05, 0) is 49.7 Å². The Morgan fingerprint density at radius 2 is 1.97 bits per heavy atom. The number of carbonyl (C=O) groups is 1. The van der Waals surface area contributed by atoms with Crippen LogP contribution in [-0.2, 0) is 9.53 Å². The quantitative estimate of drug-likeness (QED) is 0.399. The van der Waals surface area contributed by atoms with Gasteiger partial charge in [0.2, 0.25) is 0 Å². The molecule has 1 atom stereocenters. The third kappa shape index (κ3) is 3.89. The first kappa shape index (κ1) is 22.9. The van der Waals surface area contributed by atoms with Crippen LogP contribution in [0.2, 0.25) is 0 Å². The Morgan fingerprint density at radius 3 is 2.69 bits per heavy atom. The smallest absolute Gasteiger partial charge is 0.338 e. The molecule has 0 aliphatic carbocycles. The minimum atomic E-state index is -0.771. The van der Waals surface area contributed by atoms with Crippen molar-refractivity contribution >= 4 is 34.2 Å². The van der Waals surface area contributed by atoms with Crippen LogP contribution in [0.25, 0.3) is 16.8 Å². The molecule has 0 spiro atoms. The molecule has 2 aromatic carbocycles. The molecule has 0 saturated heterocycles. The second-order valence-electron chi connectivity index (χ2n) is 8.15. The van der Waals surface area contributed by atoms with E-state index in [1.54, 1.807) is 31.6 Å². The van der Waals surface area contributed by atoms with E-state index in [4.69, 9.17) is 13.9 Å². The van der Waals surface area contributed by atoms with Crippen molar-refractivity contribution in [3.8, 4) is 5.75 Å². The van der Waals surface area contributed by atoms with Gasteiger partial charge in [0.15, 0.2) is 4.80 Å². The van der Waals surface area contributed by atoms with E-state index in [-0.39, 0.29) is 12.2 Å². The minimum absolute atomic E-state index is 0.206. The van der Waals surface area contributed by atoms with Gasteiger partial charge < -0.3 is 13.9 Å². The van der Waals surface area contributed by atoms with E-state index in [1.165, 1.54) is 11.3 Å². The van der Waals surface area contributed by atoms with Gasteiger partial charge in [-0.25, -0.2) is 9.79 Å². The molecule has 0 fully saturated rings. The number of methoxy groups -OCH3 is 1. The number of nitrogens with zero attached hydrogens (tertiary/aromatic N) is 2. The summed E-state index contributed by atoms with van der Waals surface area (Å²) in [5, 5.41) is 1.85. The Morgan fingerprint density at radius 1 is 1.17 bits per heavy atom. The average molecular weight is 489 g/mol. The molecule has 0 bridgehead atoms. The van der Waals surface area contributed by atoms with E-state index in [0.717, 1.165) is 16.5 Å². The van der Waals surface area contributed by atoms with Crippen LogP contribution in [0.3, 0.4) is 0 Å². The number of hydrogen-bond acceptors (Lipinski definition) is 7. The summed E-state index contributed by atoms with van der Waals surface area (Å²) in [6.07, 6.45) is 1.71. The lowest BCUT2D eigenvalue weighted by Gasteiger charge is -2.27. The lowest BCUT2D eigenvalue weighted by atomic mass is 9.90. The van der Waals surface area contributed by atoms with Gasteiger partial charge in [0.05, 0.1) is 29.5 Å². The number of fused-ring (bicyclic) bond motifs is 2. The topological polar surface area (TPSA) is 83.0 Å². The van der Waals surface area contributed by atoms with Crippen molar-refractivity contribution in [1.82, 2.24) is 4.57 Å². The summed E-state index contributed by atoms with van der Waals surface area (Å²) in [6, 6.07) is 14.5. The van der Waals surface area contributed by atoms with Gasteiger partial charge in [-0.2, -0.15) is 0 Å². The maximum atomic E-state index is 13.8. The fraction of sp³-hybridized carbons (Fsp3) is 0.222. The zero-order chi connectivity index (χ0) is 24.7. The van der Waals surface area contributed by atoms with Crippen LogP contribution >= 0.6 is 11.3 Å². The zero-order valence-electron chi connectivity index (χ0n) is 19.8. The van der Waals surface area contributed by atoms with E-state index in [2.05, 4.69) is 4.99 Å². The first-order chi connectivity index (χ1) is 16.9. The van der Waals surface area contributed by atoms with E-state index in [0.29, 0.717) is 37.7 Å². The summed E-state index contributed by atoms with van der Waals surface area (Å²) in [6.45, 7) is 5.57. The maximum absolute atomic E-state index is 13.8. The molecule has 0 unspecified atom stereocenters. The van der Waals surface area contributed by atoms with Gasteiger partial charge in [-0.3, -0.25) is 9.36 Å². The summed E-state index contributed by atoms with van der Waals surface area (Å²) < 4.78 is 18.9. The molecular formula is C27H24N2O5S. The number of carbonyl (C=O) groups excluding carboxylic acids is 1. The first-order valence-corrected chi connectivity index (χ1v) is 12.1. The van der Waals surface area contributed by atoms with Crippen LogP contribution in [0.1, 0.15) is 37.0 Å². The molecule has 3 heterocycles. The normalized spacial score (nSPS) is 15.8. The van der Waals surface area contributed by atoms with Crippen LogP contribution in [-0.4, -0.2) is 24.3 Å². The number of aryl methyl sites for hydroxylation is 1. The van der Waals surface area contributed by atoms with Crippen LogP contribution < -0.4 is 19.6 Å². The largest absolute Gasteiger partial charge is 0.496 e. The van der Waals surface area contributed by atoms with E-state index >= 15 is 0 Å². The standard InChI is InChI=1S/C27H24N2O5S/c1-5-33-26(31)22-16(3)28-27-29(25(30)21(35-27)14-18-12-10-15(2)34-18)24(22)23-19-9-7-6-8-17(19)11-13-20(23)32-4/h6-14,24H,5H2,1-4H3/b21-14-/t24-/m1/s1. The highest BCUT2D eigenvalue weighted by Gasteiger charge is 2.36. The van der Waals surface area contributed by atoms with E-state index in [1.807, 2.05) is 55.5 Å². The summed E-state index contributed by atoms with van der Waals surface area (Å²) in [5.41, 5.74) is 1.26. The molecule has 0 amide bonds. The van der Waals surface area contributed by atoms with Gasteiger partial charge in [0.1, 0.15) is 23.3 Å². The molecule has 2 aromatic heterocycles.